The first-order valence-electron chi connectivity index (χ1n) is 5.10. The van der Waals surface area contributed by atoms with Crippen LogP contribution in [0.15, 0.2) is 6.20 Å². The van der Waals surface area contributed by atoms with Crippen LogP contribution >= 0.6 is 0 Å². The molecule has 0 aromatic carbocycles. The van der Waals surface area contributed by atoms with Gasteiger partial charge < -0.3 is 10.1 Å². The molecule has 0 bridgehead atoms. The van der Waals surface area contributed by atoms with Crippen LogP contribution < -0.4 is 5.32 Å². The zero-order valence-corrected chi connectivity index (χ0v) is 8.40. The Morgan fingerprint density at radius 3 is 3.27 bits per heavy atom. The van der Waals surface area contributed by atoms with Gasteiger partial charge in [0, 0.05) is 19.3 Å². The fourth-order valence-electron chi connectivity index (χ4n) is 1.62. The highest BCUT2D eigenvalue weighted by Crippen LogP contribution is 2.08. The van der Waals surface area contributed by atoms with E-state index in [0.717, 1.165) is 25.9 Å². The number of carbonyl (C=O) groups is 1. The lowest BCUT2D eigenvalue weighted by Crippen LogP contribution is -2.35. The Labute approximate surface area is 87.4 Å². The second-order valence-corrected chi connectivity index (χ2v) is 3.57. The SMILES string of the molecule is O=C(NC1CCCOCC1)c1cn[nH]n1. The van der Waals surface area contributed by atoms with Crippen molar-refractivity contribution in [3.8, 4) is 0 Å². The van der Waals surface area contributed by atoms with Crippen LogP contribution in [0.1, 0.15) is 29.8 Å². The normalized spacial score (nSPS) is 22.0. The molecule has 0 radical (unpaired) electrons. The van der Waals surface area contributed by atoms with Crippen LogP contribution in [0.25, 0.3) is 0 Å². The minimum absolute atomic E-state index is 0.171. The van der Waals surface area contributed by atoms with Crippen LogP contribution in [-0.2, 0) is 4.74 Å². The molecule has 2 heterocycles. The molecule has 1 aliphatic heterocycles. The van der Waals surface area contributed by atoms with E-state index in [0.29, 0.717) is 12.3 Å². The molecule has 0 aliphatic carbocycles. The van der Waals surface area contributed by atoms with E-state index in [1.807, 2.05) is 0 Å². The number of amides is 1. The summed E-state index contributed by atoms with van der Waals surface area (Å²) in [6.45, 7) is 1.50. The zero-order valence-electron chi connectivity index (χ0n) is 8.40. The molecule has 6 nitrogen and oxygen atoms in total. The molecule has 1 fully saturated rings. The maximum Gasteiger partial charge on any atom is 0.273 e. The van der Waals surface area contributed by atoms with Gasteiger partial charge in [0.15, 0.2) is 5.69 Å². The first-order chi connectivity index (χ1) is 7.36. The predicted molar refractivity (Wildman–Crippen MR) is 52.3 cm³/mol. The fraction of sp³-hybridized carbons (Fsp3) is 0.667. The molecule has 1 amide bonds. The number of aromatic amines is 1. The van der Waals surface area contributed by atoms with Crippen molar-refractivity contribution in [3.05, 3.63) is 11.9 Å². The monoisotopic (exact) mass is 210 g/mol. The van der Waals surface area contributed by atoms with Crippen LogP contribution in [0.3, 0.4) is 0 Å². The van der Waals surface area contributed by atoms with Gasteiger partial charge >= 0.3 is 0 Å². The Hall–Kier alpha value is -1.43. The fourth-order valence-corrected chi connectivity index (χ4v) is 1.62. The molecule has 6 heteroatoms. The van der Waals surface area contributed by atoms with Crippen LogP contribution in [-0.4, -0.2) is 40.6 Å². The summed E-state index contributed by atoms with van der Waals surface area (Å²) >= 11 is 0. The topological polar surface area (TPSA) is 79.9 Å². The van der Waals surface area contributed by atoms with E-state index in [1.165, 1.54) is 6.20 Å². The number of hydrogen-bond acceptors (Lipinski definition) is 4. The highest BCUT2D eigenvalue weighted by atomic mass is 16.5. The number of H-pyrrole nitrogens is 1. The second-order valence-electron chi connectivity index (χ2n) is 3.57. The van der Waals surface area contributed by atoms with Crippen molar-refractivity contribution < 1.29 is 9.53 Å². The van der Waals surface area contributed by atoms with Crippen molar-refractivity contribution in [2.75, 3.05) is 13.2 Å². The van der Waals surface area contributed by atoms with Crippen molar-refractivity contribution in [2.24, 2.45) is 0 Å². The maximum atomic E-state index is 11.6. The van der Waals surface area contributed by atoms with Crippen molar-refractivity contribution in [1.29, 1.82) is 0 Å². The lowest BCUT2D eigenvalue weighted by molar-refractivity contribution is 0.0924. The summed E-state index contributed by atoms with van der Waals surface area (Å²) in [5.41, 5.74) is 0.333. The minimum atomic E-state index is -0.171. The number of ether oxygens (including phenoxy) is 1. The van der Waals surface area contributed by atoms with E-state index in [-0.39, 0.29) is 11.9 Å². The average molecular weight is 210 g/mol. The van der Waals surface area contributed by atoms with Crippen molar-refractivity contribution in [1.82, 2.24) is 20.7 Å². The van der Waals surface area contributed by atoms with E-state index in [4.69, 9.17) is 4.74 Å². The molecule has 1 atom stereocenters. The Kier molecular flexibility index (Phi) is 3.29. The Balaban J connectivity index is 1.87. The number of aromatic nitrogens is 3. The summed E-state index contributed by atoms with van der Waals surface area (Å²) in [6.07, 6.45) is 4.24. The van der Waals surface area contributed by atoms with Crippen molar-refractivity contribution in [3.63, 3.8) is 0 Å². The lowest BCUT2D eigenvalue weighted by atomic mass is 10.1. The summed E-state index contributed by atoms with van der Waals surface area (Å²) in [6, 6.07) is 0.191. The molecule has 1 aromatic heterocycles. The summed E-state index contributed by atoms with van der Waals surface area (Å²) in [5, 5.41) is 12.7. The van der Waals surface area contributed by atoms with Gasteiger partial charge in [-0.3, -0.25) is 4.79 Å². The summed E-state index contributed by atoms with van der Waals surface area (Å²) in [4.78, 5) is 11.6. The molecule has 0 spiro atoms. The van der Waals surface area contributed by atoms with Gasteiger partial charge in [0.1, 0.15) is 0 Å². The standard InChI is InChI=1S/C9H14N4O2/c14-9(8-6-10-13-12-8)11-7-2-1-4-15-5-3-7/h6-7H,1-5H2,(H,11,14)(H,10,12,13). The van der Waals surface area contributed by atoms with Crippen LogP contribution in [0.2, 0.25) is 0 Å². The van der Waals surface area contributed by atoms with Gasteiger partial charge in [-0.05, 0) is 19.3 Å². The molecule has 15 heavy (non-hydrogen) atoms. The van der Waals surface area contributed by atoms with E-state index in [1.54, 1.807) is 0 Å². The highest BCUT2D eigenvalue weighted by molar-refractivity contribution is 5.91. The third kappa shape index (κ3) is 2.76. The van der Waals surface area contributed by atoms with Crippen molar-refractivity contribution >= 4 is 5.91 Å². The van der Waals surface area contributed by atoms with E-state index in [9.17, 15) is 4.79 Å². The van der Waals surface area contributed by atoms with Gasteiger partial charge in [0.05, 0.1) is 6.20 Å². The van der Waals surface area contributed by atoms with Crippen LogP contribution in [0, 0.1) is 0 Å². The largest absolute Gasteiger partial charge is 0.381 e. The molecule has 2 N–H and O–H groups in total. The summed E-state index contributed by atoms with van der Waals surface area (Å²) < 4.78 is 5.31. The van der Waals surface area contributed by atoms with Gasteiger partial charge in [0.2, 0.25) is 0 Å². The average Bonchev–Trinajstić information content (AvgIpc) is 2.65. The van der Waals surface area contributed by atoms with Gasteiger partial charge in [-0.25, -0.2) is 0 Å². The van der Waals surface area contributed by atoms with Gasteiger partial charge in [-0.1, -0.05) is 0 Å². The predicted octanol–water partition coefficient (Wildman–Crippen LogP) is 0.104. The summed E-state index contributed by atoms with van der Waals surface area (Å²) in [7, 11) is 0. The van der Waals surface area contributed by atoms with Gasteiger partial charge in [0.25, 0.3) is 5.91 Å². The number of nitrogens with zero attached hydrogens (tertiary/aromatic N) is 2. The van der Waals surface area contributed by atoms with E-state index in [2.05, 4.69) is 20.7 Å². The molecular weight excluding hydrogens is 196 g/mol. The first-order valence-corrected chi connectivity index (χ1v) is 5.10. The number of carbonyl (C=O) groups excluding carboxylic acids is 1. The molecule has 0 saturated carbocycles. The van der Waals surface area contributed by atoms with Gasteiger partial charge in [-0.15, -0.1) is 0 Å². The quantitative estimate of drug-likeness (QED) is 0.725. The third-order valence-corrected chi connectivity index (χ3v) is 2.43. The molecular formula is C9H14N4O2. The van der Waals surface area contributed by atoms with Crippen LogP contribution in [0.4, 0.5) is 0 Å². The summed E-state index contributed by atoms with van der Waals surface area (Å²) in [5.74, 6) is -0.171. The molecule has 2 rings (SSSR count). The molecule has 82 valence electrons. The minimum Gasteiger partial charge on any atom is -0.381 e. The van der Waals surface area contributed by atoms with Crippen LogP contribution in [0.5, 0.6) is 0 Å². The highest BCUT2D eigenvalue weighted by Gasteiger charge is 2.16. The molecule has 1 saturated heterocycles. The molecule has 1 aromatic rings. The molecule has 1 unspecified atom stereocenters. The smallest absolute Gasteiger partial charge is 0.273 e. The lowest BCUT2D eigenvalue weighted by Gasteiger charge is -2.14. The zero-order chi connectivity index (χ0) is 10.5. The Morgan fingerprint density at radius 2 is 2.47 bits per heavy atom. The Morgan fingerprint density at radius 1 is 1.53 bits per heavy atom. The van der Waals surface area contributed by atoms with E-state index >= 15 is 0 Å². The van der Waals surface area contributed by atoms with Crippen molar-refractivity contribution in [2.45, 2.75) is 25.3 Å². The second kappa shape index (κ2) is 4.88. The maximum absolute atomic E-state index is 11.6. The first kappa shape index (κ1) is 10.1. The molecule has 1 aliphatic rings. The number of hydrogen-bond donors (Lipinski definition) is 2. The third-order valence-electron chi connectivity index (χ3n) is 2.43. The number of nitrogens with one attached hydrogen (secondary N) is 2. The number of rotatable bonds is 2. The van der Waals surface area contributed by atoms with Gasteiger partial charge in [-0.2, -0.15) is 15.4 Å². The Bertz CT molecular complexity index is 304. The van der Waals surface area contributed by atoms with E-state index < -0.39 is 0 Å².